The van der Waals surface area contributed by atoms with Gasteiger partial charge < -0.3 is 10.1 Å². The maximum atomic E-state index is 11.8. The second kappa shape index (κ2) is 4.87. The summed E-state index contributed by atoms with van der Waals surface area (Å²) in [5, 5.41) is 3.16. The number of sulfonamides is 1. The number of ether oxygens (including phenoxy) is 1. The van der Waals surface area contributed by atoms with E-state index in [1.54, 1.807) is 24.3 Å². The van der Waals surface area contributed by atoms with Crippen molar-refractivity contribution in [2.24, 2.45) is 4.40 Å². The van der Waals surface area contributed by atoms with Gasteiger partial charge in [-0.15, -0.1) is 16.8 Å². The van der Waals surface area contributed by atoms with Gasteiger partial charge in [-0.2, -0.15) is 8.42 Å². The number of nitrogens with one attached hydrogen (secondary N) is 1. The highest BCUT2D eigenvalue weighted by atomic mass is 35.5. The van der Waals surface area contributed by atoms with Crippen LogP contribution >= 0.6 is 12.4 Å². The Hall–Kier alpha value is -1.11. The van der Waals surface area contributed by atoms with Crippen LogP contribution in [-0.4, -0.2) is 33.5 Å². The molecule has 2 heterocycles. The highest BCUT2D eigenvalue weighted by molar-refractivity contribution is 7.90. The molecule has 0 amide bonds. The van der Waals surface area contributed by atoms with E-state index in [-0.39, 0.29) is 29.3 Å². The lowest BCUT2D eigenvalue weighted by Gasteiger charge is -2.11. The Morgan fingerprint density at radius 3 is 2.83 bits per heavy atom. The minimum Gasteiger partial charge on any atom is -0.472 e. The number of hydrogen-bond acceptors (Lipinski definition) is 4. The molecule has 0 saturated carbocycles. The van der Waals surface area contributed by atoms with E-state index in [4.69, 9.17) is 4.74 Å². The van der Waals surface area contributed by atoms with E-state index in [0.29, 0.717) is 5.56 Å². The molecule has 0 bridgehead atoms. The summed E-state index contributed by atoms with van der Waals surface area (Å²) in [6, 6.07) is 6.75. The molecule has 0 aromatic heterocycles. The third-order valence-corrected chi connectivity index (χ3v) is 4.21. The lowest BCUT2D eigenvalue weighted by Crippen LogP contribution is -2.20. The fraction of sp³-hybridized carbons (Fsp3) is 0.364. The zero-order valence-electron chi connectivity index (χ0n) is 9.50. The predicted octanol–water partition coefficient (Wildman–Crippen LogP) is 0.936. The van der Waals surface area contributed by atoms with E-state index in [9.17, 15) is 8.42 Å². The largest absolute Gasteiger partial charge is 0.472 e. The van der Waals surface area contributed by atoms with E-state index in [1.165, 1.54) is 0 Å². The Morgan fingerprint density at radius 1 is 1.33 bits per heavy atom. The van der Waals surface area contributed by atoms with Crippen molar-refractivity contribution in [1.29, 1.82) is 0 Å². The Labute approximate surface area is 112 Å². The van der Waals surface area contributed by atoms with Crippen molar-refractivity contribution in [3.05, 3.63) is 29.8 Å². The highest BCUT2D eigenvalue weighted by Crippen LogP contribution is 2.27. The number of benzene rings is 1. The van der Waals surface area contributed by atoms with Crippen molar-refractivity contribution < 1.29 is 13.2 Å². The summed E-state index contributed by atoms with van der Waals surface area (Å²) in [4.78, 5) is 0.237. The standard InChI is InChI=1S/C11H12N2O3S.ClH/c14-17(15)10-4-2-1-3-9(10)11(13-17)16-8-5-6-12-7-8;/h1-4,8,12H,5-7H2;1H/t8-;/m1./s1. The molecule has 98 valence electrons. The first kappa shape index (κ1) is 13.3. The van der Waals surface area contributed by atoms with Crippen molar-refractivity contribution in [3.63, 3.8) is 0 Å². The summed E-state index contributed by atoms with van der Waals surface area (Å²) in [6.07, 6.45) is 0.886. The molecule has 7 heteroatoms. The summed E-state index contributed by atoms with van der Waals surface area (Å²) >= 11 is 0. The van der Waals surface area contributed by atoms with E-state index >= 15 is 0 Å². The van der Waals surface area contributed by atoms with E-state index in [1.807, 2.05) is 0 Å². The monoisotopic (exact) mass is 288 g/mol. The summed E-state index contributed by atoms with van der Waals surface area (Å²) in [5.41, 5.74) is 0.569. The van der Waals surface area contributed by atoms with Gasteiger partial charge in [0.2, 0.25) is 5.90 Å². The van der Waals surface area contributed by atoms with E-state index < -0.39 is 10.0 Å². The Bertz CT molecular complexity index is 580. The molecular formula is C11H13ClN2O3S. The molecule has 5 nitrogen and oxygen atoms in total. The maximum absolute atomic E-state index is 11.8. The number of fused-ring (bicyclic) bond motifs is 1. The van der Waals surface area contributed by atoms with Crippen LogP contribution < -0.4 is 5.32 Å². The van der Waals surface area contributed by atoms with Gasteiger partial charge in [0, 0.05) is 6.54 Å². The number of hydrogen-bond donors (Lipinski definition) is 1. The van der Waals surface area contributed by atoms with Gasteiger partial charge in [0.25, 0.3) is 10.0 Å². The van der Waals surface area contributed by atoms with Crippen LogP contribution in [0, 0.1) is 0 Å². The third kappa shape index (κ3) is 2.23. The Balaban J connectivity index is 0.00000120. The number of halogens is 1. The van der Waals surface area contributed by atoms with Crippen LogP contribution in [0.25, 0.3) is 0 Å². The van der Waals surface area contributed by atoms with Gasteiger partial charge in [-0.25, -0.2) is 0 Å². The average Bonchev–Trinajstić information content (AvgIpc) is 2.88. The van der Waals surface area contributed by atoms with E-state index in [0.717, 1.165) is 19.5 Å². The lowest BCUT2D eigenvalue weighted by atomic mass is 10.2. The topological polar surface area (TPSA) is 67.8 Å². The second-order valence-electron chi connectivity index (χ2n) is 4.10. The molecule has 0 spiro atoms. The van der Waals surface area contributed by atoms with Crippen molar-refractivity contribution in [2.75, 3.05) is 13.1 Å². The van der Waals surface area contributed by atoms with Crippen LogP contribution in [0.5, 0.6) is 0 Å². The van der Waals surface area contributed by atoms with E-state index in [2.05, 4.69) is 9.71 Å². The smallest absolute Gasteiger partial charge is 0.286 e. The summed E-state index contributed by atoms with van der Waals surface area (Å²) in [6.45, 7) is 1.63. The van der Waals surface area contributed by atoms with Crippen LogP contribution in [0.3, 0.4) is 0 Å². The summed E-state index contributed by atoms with van der Waals surface area (Å²) in [7, 11) is -3.55. The van der Waals surface area contributed by atoms with Crippen LogP contribution in [-0.2, 0) is 14.8 Å². The minimum absolute atomic E-state index is 0. The molecule has 1 aromatic carbocycles. The van der Waals surface area contributed by atoms with Crippen molar-refractivity contribution in [1.82, 2.24) is 5.32 Å². The fourth-order valence-corrected chi connectivity index (χ4v) is 3.19. The lowest BCUT2D eigenvalue weighted by molar-refractivity contribution is 0.211. The first-order valence-electron chi connectivity index (χ1n) is 5.48. The summed E-state index contributed by atoms with van der Waals surface area (Å²) < 4.78 is 32.8. The molecule has 0 unspecified atom stereocenters. The predicted molar refractivity (Wildman–Crippen MR) is 69.8 cm³/mol. The molecule has 1 N–H and O–H groups in total. The second-order valence-corrected chi connectivity index (χ2v) is 5.67. The minimum atomic E-state index is -3.55. The SMILES string of the molecule is Cl.O=S1(=O)N=C(O[C@@H]2CCNC2)c2ccccc21. The van der Waals surface area contributed by atoms with Gasteiger partial charge >= 0.3 is 0 Å². The van der Waals surface area contributed by atoms with Gasteiger partial charge in [0.05, 0.1) is 5.56 Å². The Morgan fingerprint density at radius 2 is 2.11 bits per heavy atom. The van der Waals surface area contributed by atoms with Crippen molar-refractivity contribution in [3.8, 4) is 0 Å². The first-order valence-corrected chi connectivity index (χ1v) is 6.92. The Kier molecular flexibility index (Phi) is 3.61. The zero-order valence-corrected chi connectivity index (χ0v) is 11.1. The quantitative estimate of drug-likeness (QED) is 0.835. The van der Waals surface area contributed by atoms with Crippen LogP contribution in [0.1, 0.15) is 12.0 Å². The maximum Gasteiger partial charge on any atom is 0.286 e. The van der Waals surface area contributed by atoms with Gasteiger partial charge in [0.15, 0.2) is 0 Å². The molecule has 1 aromatic rings. The zero-order chi connectivity index (χ0) is 11.9. The number of nitrogens with zero attached hydrogens (tertiary/aromatic N) is 1. The summed E-state index contributed by atoms with van der Waals surface area (Å²) in [5.74, 6) is 0.231. The number of rotatable bonds is 1. The molecule has 2 aliphatic heterocycles. The van der Waals surface area contributed by atoms with Gasteiger partial charge in [-0.1, -0.05) is 12.1 Å². The fourth-order valence-electron chi connectivity index (χ4n) is 2.05. The van der Waals surface area contributed by atoms with Gasteiger partial charge in [0.1, 0.15) is 11.0 Å². The van der Waals surface area contributed by atoms with Crippen LogP contribution in [0.2, 0.25) is 0 Å². The van der Waals surface area contributed by atoms with Crippen LogP contribution in [0.15, 0.2) is 33.6 Å². The average molecular weight is 289 g/mol. The molecular weight excluding hydrogens is 276 g/mol. The molecule has 18 heavy (non-hydrogen) atoms. The highest BCUT2D eigenvalue weighted by Gasteiger charge is 2.31. The van der Waals surface area contributed by atoms with Gasteiger partial charge in [-0.05, 0) is 25.1 Å². The molecule has 0 aliphatic carbocycles. The molecule has 1 fully saturated rings. The normalized spacial score (nSPS) is 24.0. The molecule has 3 rings (SSSR count). The molecule has 2 aliphatic rings. The third-order valence-electron chi connectivity index (χ3n) is 2.89. The molecule has 1 atom stereocenters. The molecule has 0 radical (unpaired) electrons. The first-order chi connectivity index (χ1) is 8.17. The van der Waals surface area contributed by atoms with Crippen molar-refractivity contribution >= 4 is 28.3 Å². The van der Waals surface area contributed by atoms with Crippen molar-refractivity contribution in [2.45, 2.75) is 17.4 Å². The van der Waals surface area contributed by atoms with Crippen LogP contribution in [0.4, 0.5) is 0 Å². The molecule has 1 saturated heterocycles. The van der Waals surface area contributed by atoms with Gasteiger partial charge in [-0.3, -0.25) is 0 Å².